The summed E-state index contributed by atoms with van der Waals surface area (Å²) in [5, 5.41) is 15.8. The van der Waals surface area contributed by atoms with Crippen LogP contribution in [-0.4, -0.2) is 74.3 Å². The number of ether oxygens (including phenoxy) is 1. The molecule has 1 aliphatic carbocycles. The summed E-state index contributed by atoms with van der Waals surface area (Å²) in [7, 11) is 3.45. The second kappa shape index (κ2) is 8.58. The molecule has 5 aliphatic rings. The van der Waals surface area contributed by atoms with Crippen LogP contribution in [0.4, 0.5) is 0 Å². The number of carboxylic acid groups (broad SMARTS) is 1. The summed E-state index contributed by atoms with van der Waals surface area (Å²) in [6, 6.07) is 0.280. The van der Waals surface area contributed by atoms with Gasteiger partial charge < -0.3 is 24.9 Å². The van der Waals surface area contributed by atoms with Crippen LogP contribution in [0.2, 0.25) is 0 Å². The van der Waals surface area contributed by atoms with E-state index in [2.05, 4.69) is 15.1 Å². The van der Waals surface area contributed by atoms with Crippen molar-refractivity contribution in [1.29, 1.82) is 0 Å². The fourth-order valence-corrected chi connectivity index (χ4v) is 6.55. The highest BCUT2D eigenvalue weighted by Gasteiger charge is 2.56. The number of fused-ring (bicyclic) bond motifs is 3. The van der Waals surface area contributed by atoms with Gasteiger partial charge in [0.15, 0.2) is 0 Å². The number of halogens is 1. The molecule has 1 N–H and O–H groups in total. The van der Waals surface area contributed by atoms with Gasteiger partial charge in [-0.1, -0.05) is 24.1 Å². The molecule has 4 unspecified atom stereocenters. The summed E-state index contributed by atoms with van der Waals surface area (Å²) in [4.78, 5) is 17.4. The molecule has 0 radical (unpaired) electrons. The lowest BCUT2D eigenvalue weighted by Crippen LogP contribution is -2.68. The first kappa shape index (κ1) is 21.2. The van der Waals surface area contributed by atoms with E-state index in [4.69, 9.17) is 16.3 Å². The molecular weight excluding hydrogens is 390 g/mol. The van der Waals surface area contributed by atoms with Gasteiger partial charge in [0.2, 0.25) is 0 Å². The summed E-state index contributed by atoms with van der Waals surface area (Å²) < 4.78 is 6.16. The standard InChI is InChI=1S/C22H34ClN3O3/c1-24-18-13-22(29-2,16(21(27)28)12-17(18)23)20-15-6-10-26(11-7-15)19(20)14-25-8-4-3-5-9-25/h12-13,15-16,19-20,24H,3-11,14H2,1-2H3,(H,27,28)/p-1. The maximum atomic E-state index is 12.2. The van der Waals surface area contributed by atoms with Gasteiger partial charge in [-0.3, -0.25) is 4.90 Å². The third kappa shape index (κ3) is 3.73. The van der Waals surface area contributed by atoms with Crippen LogP contribution in [0.3, 0.4) is 0 Å². The normalized spacial score (nSPS) is 40.3. The highest BCUT2D eigenvalue weighted by Crippen LogP contribution is 2.50. The summed E-state index contributed by atoms with van der Waals surface area (Å²) in [5.74, 6) is -1.49. The van der Waals surface area contributed by atoms with E-state index >= 15 is 0 Å². The molecule has 4 saturated heterocycles. The molecular formula is C22H33ClN3O3-. The fraction of sp³-hybridized carbons (Fsp3) is 0.773. The Bertz CT molecular complexity index is 683. The lowest BCUT2D eigenvalue weighted by molar-refractivity contribution is -0.317. The number of nitrogens with one attached hydrogen (secondary N) is 1. The van der Waals surface area contributed by atoms with Crippen molar-refractivity contribution in [2.45, 2.75) is 43.7 Å². The number of likely N-dealkylation sites (tertiary alicyclic amines) is 1. The Hall–Kier alpha value is -1.08. The van der Waals surface area contributed by atoms with Crippen LogP contribution in [0.5, 0.6) is 0 Å². The highest BCUT2D eigenvalue weighted by atomic mass is 35.5. The van der Waals surface area contributed by atoms with Crippen molar-refractivity contribution in [3.05, 3.63) is 22.9 Å². The molecule has 7 heteroatoms. The topological polar surface area (TPSA) is 67.9 Å². The number of piperidine rings is 4. The molecule has 0 aromatic carbocycles. The van der Waals surface area contributed by atoms with E-state index < -0.39 is 17.5 Å². The van der Waals surface area contributed by atoms with E-state index in [1.54, 1.807) is 13.2 Å². The van der Waals surface area contributed by atoms with E-state index in [0.717, 1.165) is 51.3 Å². The van der Waals surface area contributed by atoms with E-state index in [9.17, 15) is 9.90 Å². The number of carbonyl (C=O) groups excluding carboxylic acids is 1. The predicted molar refractivity (Wildman–Crippen MR) is 111 cm³/mol. The zero-order valence-electron chi connectivity index (χ0n) is 17.5. The Labute approximate surface area is 178 Å². The smallest absolute Gasteiger partial charge is 0.104 e. The minimum absolute atomic E-state index is 0.0872. The molecule has 2 bridgehead atoms. The average molecular weight is 423 g/mol. The molecule has 4 aliphatic heterocycles. The monoisotopic (exact) mass is 422 g/mol. The van der Waals surface area contributed by atoms with Crippen LogP contribution in [0.15, 0.2) is 22.9 Å². The van der Waals surface area contributed by atoms with Gasteiger partial charge in [0.1, 0.15) is 5.60 Å². The first-order valence-corrected chi connectivity index (χ1v) is 11.4. The number of aliphatic carboxylic acids is 1. The molecule has 0 spiro atoms. The van der Waals surface area contributed by atoms with Crippen molar-refractivity contribution in [3.63, 3.8) is 0 Å². The van der Waals surface area contributed by atoms with Gasteiger partial charge >= 0.3 is 0 Å². The van der Waals surface area contributed by atoms with Crippen LogP contribution < -0.4 is 10.4 Å². The third-order valence-electron chi connectivity index (χ3n) is 7.68. The first-order chi connectivity index (χ1) is 14.0. The van der Waals surface area contributed by atoms with Crippen molar-refractivity contribution in [2.24, 2.45) is 17.8 Å². The largest absolute Gasteiger partial charge is 0.549 e. The predicted octanol–water partition coefficient (Wildman–Crippen LogP) is 1.17. The van der Waals surface area contributed by atoms with Crippen molar-refractivity contribution in [1.82, 2.24) is 15.1 Å². The number of allylic oxidation sites excluding steroid dienone is 1. The van der Waals surface area contributed by atoms with Gasteiger partial charge in [0.05, 0.1) is 22.6 Å². The van der Waals surface area contributed by atoms with Gasteiger partial charge in [-0.2, -0.15) is 0 Å². The number of carbonyl (C=O) groups is 1. The van der Waals surface area contributed by atoms with Crippen LogP contribution in [0.1, 0.15) is 32.1 Å². The number of rotatable bonds is 6. The zero-order chi connectivity index (χ0) is 20.6. The molecule has 0 amide bonds. The van der Waals surface area contributed by atoms with E-state index in [-0.39, 0.29) is 12.0 Å². The Morgan fingerprint density at radius 3 is 2.55 bits per heavy atom. The molecule has 29 heavy (non-hydrogen) atoms. The lowest BCUT2D eigenvalue weighted by Gasteiger charge is -2.59. The molecule has 0 saturated carbocycles. The fourth-order valence-electron chi connectivity index (χ4n) is 6.28. The van der Waals surface area contributed by atoms with Gasteiger partial charge in [0, 0.05) is 32.7 Å². The summed E-state index contributed by atoms with van der Waals surface area (Å²) in [6.07, 6.45) is 9.54. The second-order valence-corrected chi connectivity index (χ2v) is 9.41. The maximum absolute atomic E-state index is 12.2. The van der Waals surface area contributed by atoms with Gasteiger partial charge in [-0.15, -0.1) is 0 Å². The van der Waals surface area contributed by atoms with Crippen molar-refractivity contribution >= 4 is 17.6 Å². The number of carboxylic acids is 1. The number of hydrogen-bond acceptors (Lipinski definition) is 6. The second-order valence-electron chi connectivity index (χ2n) is 9.00. The number of methoxy groups -OCH3 is 1. The van der Waals surface area contributed by atoms with Gasteiger partial charge in [-0.25, -0.2) is 0 Å². The van der Waals surface area contributed by atoms with E-state index in [1.807, 2.05) is 13.1 Å². The van der Waals surface area contributed by atoms with Crippen LogP contribution in [0.25, 0.3) is 0 Å². The molecule has 4 heterocycles. The quantitative estimate of drug-likeness (QED) is 0.693. The highest BCUT2D eigenvalue weighted by molar-refractivity contribution is 6.32. The van der Waals surface area contributed by atoms with Crippen molar-refractivity contribution in [3.8, 4) is 0 Å². The molecule has 5 rings (SSSR count). The zero-order valence-corrected chi connectivity index (χ0v) is 18.3. The van der Waals surface area contributed by atoms with E-state index in [0.29, 0.717) is 11.0 Å². The summed E-state index contributed by atoms with van der Waals surface area (Å²) in [5.41, 5.74) is -0.223. The summed E-state index contributed by atoms with van der Waals surface area (Å²) in [6.45, 7) is 5.43. The Kier molecular flexibility index (Phi) is 6.26. The van der Waals surface area contributed by atoms with Crippen LogP contribution in [0, 0.1) is 17.8 Å². The maximum Gasteiger partial charge on any atom is 0.104 e. The average Bonchev–Trinajstić information content (AvgIpc) is 2.75. The first-order valence-electron chi connectivity index (χ1n) is 11.0. The Balaban J connectivity index is 1.73. The third-order valence-corrected chi connectivity index (χ3v) is 8.01. The molecule has 0 aromatic rings. The van der Waals surface area contributed by atoms with Crippen molar-refractivity contribution < 1.29 is 14.6 Å². The molecule has 4 fully saturated rings. The minimum atomic E-state index is -1.12. The molecule has 4 atom stereocenters. The van der Waals surface area contributed by atoms with E-state index in [1.165, 1.54) is 19.3 Å². The summed E-state index contributed by atoms with van der Waals surface area (Å²) >= 11 is 6.38. The van der Waals surface area contributed by atoms with Gasteiger partial charge in [-0.05, 0) is 63.9 Å². The Morgan fingerprint density at radius 2 is 1.97 bits per heavy atom. The van der Waals surface area contributed by atoms with Crippen LogP contribution >= 0.6 is 11.6 Å². The Morgan fingerprint density at radius 1 is 1.28 bits per heavy atom. The van der Waals surface area contributed by atoms with Gasteiger partial charge in [0.25, 0.3) is 0 Å². The minimum Gasteiger partial charge on any atom is -0.549 e. The molecule has 6 nitrogen and oxygen atoms in total. The molecule has 0 aromatic heterocycles. The lowest BCUT2D eigenvalue weighted by atomic mass is 9.60. The molecule has 162 valence electrons. The SMILES string of the molecule is CNC1=CC(OC)(C2C3CCN(CC3)C2CN2CCCCC2)C(C(=O)[O-])C=C1Cl. The van der Waals surface area contributed by atoms with Crippen LogP contribution in [-0.2, 0) is 9.53 Å². The number of nitrogens with zero attached hydrogens (tertiary/aromatic N) is 2. The van der Waals surface area contributed by atoms with Crippen molar-refractivity contribution in [2.75, 3.05) is 46.9 Å². The number of hydrogen-bond donors (Lipinski definition) is 1. The number of likely N-dealkylation sites (N-methyl/N-ethyl adjacent to an activating group) is 1.